The molecule has 8 heteroatoms. The van der Waals surface area contributed by atoms with Gasteiger partial charge in [0.25, 0.3) is 0 Å². The SMILES string of the molecule is COc1ccc(-c2cc(NC(=O)[C@H]3CCC(=O)N3)ccc2OC(F)F)cc1. The van der Waals surface area contributed by atoms with Crippen LogP contribution in [0.15, 0.2) is 42.5 Å². The molecule has 0 radical (unpaired) electrons. The van der Waals surface area contributed by atoms with Crippen molar-refractivity contribution >= 4 is 17.5 Å². The molecule has 142 valence electrons. The van der Waals surface area contributed by atoms with Crippen molar-refractivity contribution in [2.45, 2.75) is 25.5 Å². The highest BCUT2D eigenvalue weighted by Gasteiger charge is 2.27. The molecule has 0 spiro atoms. The predicted molar refractivity (Wildman–Crippen MR) is 94.9 cm³/mol. The summed E-state index contributed by atoms with van der Waals surface area (Å²) >= 11 is 0. The monoisotopic (exact) mass is 376 g/mol. The molecular formula is C19H18F2N2O4. The fourth-order valence-electron chi connectivity index (χ4n) is 2.84. The van der Waals surface area contributed by atoms with Crippen molar-refractivity contribution in [1.82, 2.24) is 5.32 Å². The lowest BCUT2D eigenvalue weighted by Gasteiger charge is -2.15. The molecule has 1 saturated heterocycles. The highest BCUT2D eigenvalue weighted by molar-refractivity contribution is 5.99. The zero-order valence-corrected chi connectivity index (χ0v) is 14.5. The van der Waals surface area contributed by atoms with Gasteiger partial charge < -0.3 is 20.1 Å². The van der Waals surface area contributed by atoms with Crippen LogP contribution in [0.25, 0.3) is 11.1 Å². The van der Waals surface area contributed by atoms with Crippen molar-refractivity contribution in [2.75, 3.05) is 12.4 Å². The van der Waals surface area contributed by atoms with Crippen LogP contribution in [0.1, 0.15) is 12.8 Å². The minimum absolute atomic E-state index is 0.0117. The van der Waals surface area contributed by atoms with Gasteiger partial charge in [-0.05, 0) is 42.3 Å². The summed E-state index contributed by atoms with van der Waals surface area (Å²) < 4.78 is 35.2. The normalized spacial score (nSPS) is 16.1. The van der Waals surface area contributed by atoms with E-state index in [4.69, 9.17) is 4.74 Å². The third kappa shape index (κ3) is 4.52. The number of ether oxygens (including phenoxy) is 2. The molecule has 0 bridgehead atoms. The molecule has 1 aliphatic heterocycles. The van der Waals surface area contributed by atoms with E-state index in [1.165, 1.54) is 19.2 Å². The number of carbonyl (C=O) groups excluding carboxylic acids is 2. The van der Waals surface area contributed by atoms with Crippen LogP contribution in [-0.4, -0.2) is 31.6 Å². The van der Waals surface area contributed by atoms with E-state index < -0.39 is 12.7 Å². The zero-order valence-electron chi connectivity index (χ0n) is 14.5. The Kier molecular flexibility index (Phi) is 5.54. The van der Waals surface area contributed by atoms with Crippen molar-refractivity contribution in [2.24, 2.45) is 0 Å². The van der Waals surface area contributed by atoms with Gasteiger partial charge in [0.1, 0.15) is 17.5 Å². The maximum Gasteiger partial charge on any atom is 0.387 e. The number of carbonyl (C=O) groups is 2. The number of halogens is 2. The van der Waals surface area contributed by atoms with Gasteiger partial charge in [-0.1, -0.05) is 12.1 Å². The van der Waals surface area contributed by atoms with Crippen molar-refractivity contribution in [3.63, 3.8) is 0 Å². The van der Waals surface area contributed by atoms with Crippen LogP contribution in [0, 0.1) is 0 Å². The first-order valence-electron chi connectivity index (χ1n) is 8.30. The molecule has 0 unspecified atom stereocenters. The van der Waals surface area contributed by atoms with E-state index in [1.807, 2.05) is 0 Å². The molecule has 27 heavy (non-hydrogen) atoms. The van der Waals surface area contributed by atoms with E-state index in [9.17, 15) is 18.4 Å². The van der Waals surface area contributed by atoms with Crippen LogP contribution in [0.4, 0.5) is 14.5 Å². The molecular weight excluding hydrogens is 358 g/mol. The number of hydrogen-bond acceptors (Lipinski definition) is 4. The van der Waals surface area contributed by atoms with Gasteiger partial charge in [-0.15, -0.1) is 0 Å². The first kappa shape index (κ1) is 18.6. The average molecular weight is 376 g/mol. The quantitative estimate of drug-likeness (QED) is 0.812. The zero-order chi connectivity index (χ0) is 19.4. The van der Waals surface area contributed by atoms with Crippen molar-refractivity contribution < 1.29 is 27.8 Å². The van der Waals surface area contributed by atoms with E-state index >= 15 is 0 Å². The van der Waals surface area contributed by atoms with Crippen LogP contribution in [0.5, 0.6) is 11.5 Å². The number of amides is 2. The molecule has 0 saturated carbocycles. The van der Waals surface area contributed by atoms with Gasteiger partial charge in [-0.25, -0.2) is 0 Å². The maximum absolute atomic E-state index is 12.7. The number of anilines is 1. The summed E-state index contributed by atoms with van der Waals surface area (Å²) in [5, 5.41) is 5.28. The van der Waals surface area contributed by atoms with E-state index in [-0.39, 0.29) is 17.6 Å². The number of rotatable bonds is 6. The second-order valence-corrected chi connectivity index (χ2v) is 5.97. The molecule has 1 heterocycles. The van der Waals surface area contributed by atoms with Crippen LogP contribution in [0.2, 0.25) is 0 Å². The standard InChI is InChI=1S/C19H18F2N2O4/c1-26-13-5-2-11(3-6-13)14-10-12(4-8-16(14)27-19(20)21)22-18(25)15-7-9-17(24)23-15/h2-6,8,10,15,19H,7,9H2,1H3,(H,22,25)(H,23,24)/t15-/m1/s1. The Hall–Kier alpha value is -3.16. The van der Waals surface area contributed by atoms with Gasteiger partial charge >= 0.3 is 6.61 Å². The summed E-state index contributed by atoms with van der Waals surface area (Å²) in [6.45, 7) is -2.98. The van der Waals surface area contributed by atoms with Crippen LogP contribution in [-0.2, 0) is 9.59 Å². The Morgan fingerprint density at radius 2 is 1.96 bits per heavy atom. The van der Waals surface area contributed by atoms with E-state index in [2.05, 4.69) is 15.4 Å². The Labute approximate surface area is 154 Å². The molecule has 1 aliphatic rings. The average Bonchev–Trinajstić information content (AvgIpc) is 3.09. The number of methoxy groups -OCH3 is 1. The Balaban J connectivity index is 1.87. The summed E-state index contributed by atoms with van der Waals surface area (Å²) in [5.41, 5.74) is 1.43. The van der Waals surface area contributed by atoms with Crippen LogP contribution >= 0.6 is 0 Å². The Morgan fingerprint density at radius 1 is 1.22 bits per heavy atom. The lowest BCUT2D eigenvalue weighted by Crippen LogP contribution is -2.37. The van der Waals surface area contributed by atoms with Gasteiger partial charge in [0.2, 0.25) is 11.8 Å². The van der Waals surface area contributed by atoms with E-state index in [1.54, 1.807) is 30.3 Å². The molecule has 3 rings (SSSR count). The van der Waals surface area contributed by atoms with E-state index in [0.717, 1.165) is 0 Å². The summed E-state index contributed by atoms with van der Waals surface area (Å²) in [6, 6.07) is 10.6. The first-order chi connectivity index (χ1) is 13.0. The second kappa shape index (κ2) is 8.03. The number of nitrogens with one attached hydrogen (secondary N) is 2. The molecule has 2 amide bonds. The highest BCUT2D eigenvalue weighted by atomic mass is 19.3. The Morgan fingerprint density at radius 3 is 2.56 bits per heavy atom. The predicted octanol–water partition coefficient (Wildman–Crippen LogP) is 3.18. The topological polar surface area (TPSA) is 76.7 Å². The third-order valence-electron chi connectivity index (χ3n) is 4.18. The first-order valence-corrected chi connectivity index (χ1v) is 8.30. The lowest BCUT2D eigenvalue weighted by molar-refractivity contribution is -0.122. The number of hydrogen-bond donors (Lipinski definition) is 2. The number of alkyl halides is 2. The minimum Gasteiger partial charge on any atom is -0.497 e. The molecule has 0 aliphatic carbocycles. The summed E-state index contributed by atoms with van der Waals surface area (Å²) in [4.78, 5) is 23.5. The summed E-state index contributed by atoms with van der Waals surface area (Å²) in [5.74, 6) is 0.0812. The van der Waals surface area contributed by atoms with Gasteiger partial charge in [0, 0.05) is 17.7 Å². The fraction of sp³-hybridized carbons (Fsp3) is 0.263. The van der Waals surface area contributed by atoms with Gasteiger partial charge in [-0.2, -0.15) is 8.78 Å². The highest BCUT2D eigenvalue weighted by Crippen LogP contribution is 2.34. The molecule has 2 aromatic rings. The molecule has 1 atom stereocenters. The molecule has 6 nitrogen and oxygen atoms in total. The van der Waals surface area contributed by atoms with Crippen molar-refractivity contribution in [3.05, 3.63) is 42.5 Å². The molecule has 1 fully saturated rings. The van der Waals surface area contributed by atoms with Crippen LogP contribution < -0.4 is 20.1 Å². The molecule has 0 aromatic heterocycles. The maximum atomic E-state index is 12.7. The fourth-order valence-corrected chi connectivity index (χ4v) is 2.84. The molecule has 2 aromatic carbocycles. The van der Waals surface area contributed by atoms with Crippen molar-refractivity contribution in [1.29, 1.82) is 0 Å². The van der Waals surface area contributed by atoms with Gasteiger partial charge in [0.05, 0.1) is 7.11 Å². The van der Waals surface area contributed by atoms with Crippen molar-refractivity contribution in [3.8, 4) is 22.6 Å². The summed E-state index contributed by atoms with van der Waals surface area (Å²) in [6.07, 6.45) is 0.721. The second-order valence-electron chi connectivity index (χ2n) is 5.97. The number of benzene rings is 2. The third-order valence-corrected chi connectivity index (χ3v) is 4.18. The van der Waals surface area contributed by atoms with Gasteiger partial charge in [0.15, 0.2) is 0 Å². The lowest BCUT2D eigenvalue weighted by atomic mass is 10.0. The minimum atomic E-state index is -2.98. The summed E-state index contributed by atoms with van der Waals surface area (Å²) in [7, 11) is 1.53. The smallest absolute Gasteiger partial charge is 0.387 e. The largest absolute Gasteiger partial charge is 0.497 e. The Bertz CT molecular complexity index is 840. The molecule has 2 N–H and O–H groups in total. The van der Waals surface area contributed by atoms with E-state index in [0.29, 0.717) is 35.4 Å². The van der Waals surface area contributed by atoms with Gasteiger partial charge in [-0.3, -0.25) is 9.59 Å². The van der Waals surface area contributed by atoms with Crippen LogP contribution in [0.3, 0.4) is 0 Å².